The van der Waals surface area contributed by atoms with Gasteiger partial charge in [0.1, 0.15) is 0 Å². The molecule has 6 atom stereocenters. The van der Waals surface area contributed by atoms with Crippen molar-refractivity contribution in [3.63, 3.8) is 0 Å². The molecule has 6 unspecified atom stereocenters. The smallest absolute Gasteiger partial charge is 0.0902 e. The molecule has 1 saturated heterocycles. The first-order valence-corrected chi connectivity index (χ1v) is 6.70. The van der Waals surface area contributed by atoms with Crippen molar-refractivity contribution in [2.75, 3.05) is 20.7 Å². The molecule has 0 aromatic carbocycles. The maximum absolute atomic E-state index is 10.1. The summed E-state index contributed by atoms with van der Waals surface area (Å²) in [6, 6.07) is 0.742. The molecule has 16 heavy (non-hydrogen) atoms. The number of hydrogen-bond donors (Lipinski definition) is 2. The van der Waals surface area contributed by atoms with E-state index in [1.165, 1.54) is 19.4 Å². The van der Waals surface area contributed by atoms with Gasteiger partial charge in [-0.1, -0.05) is 6.92 Å². The zero-order valence-corrected chi connectivity index (χ0v) is 10.8. The van der Waals surface area contributed by atoms with Gasteiger partial charge in [-0.15, -0.1) is 0 Å². The Hall–Kier alpha value is -0.120. The molecule has 2 fully saturated rings. The van der Waals surface area contributed by atoms with Crippen LogP contribution in [0, 0.1) is 11.8 Å². The van der Waals surface area contributed by atoms with Crippen LogP contribution in [0.5, 0.6) is 0 Å². The molecular formula is C13H26NO2+. The predicted molar refractivity (Wildman–Crippen MR) is 63.5 cm³/mol. The summed E-state index contributed by atoms with van der Waals surface area (Å²) in [5, 5.41) is 10.1. The van der Waals surface area contributed by atoms with Crippen molar-refractivity contribution in [2.24, 2.45) is 11.8 Å². The summed E-state index contributed by atoms with van der Waals surface area (Å²) in [6.45, 7) is 3.57. The third kappa shape index (κ3) is 2.13. The molecule has 2 N–H and O–H groups in total. The van der Waals surface area contributed by atoms with E-state index in [2.05, 4.69) is 14.0 Å². The van der Waals surface area contributed by atoms with Crippen LogP contribution in [0.25, 0.3) is 0 Å². The first-order valence-electron chi connectivity index (χ1n) is 6.70. The van der Waals surface area contributed by atoms with E-state index in [0.717, 1.165) is 24.8 Å². The third-order valence-corrected chi connectivity index (χ3v) is 4.89. The number of methoxy groups -OCH3 is 1. The van der Waals surface area contributed by atoms with Gasteiger partial charge in [0, 0.05) is 13.0 Å². The van der Waals surface area contributed by atoms with Crippen LogP contribution in [-0.2, 0) is 4.74 Å². The normalized spacial score (nSPS) is 48.8. The Labute approximate surface area is 98.8 Å². The van der Waals surface area contributed by atoms with Gasteiger partial charge >= 0.3 is 0 Å². The Morgan fingerprint density at radius 2 is 2.12 bits per heavy atom. The molecule has 94 valence electrons. The van der Waals surface area contributed by atoms with Crippen LogP contribution < -0.4 is 4.90 Å². The summed E-state index contributed by atoms with van der Waals surface area (Å²) in [6.07, 6.45) is 4.38. The highest BCUT2D eigenvalue weighted by Crippen LogP contribution is 2.37. The van der Waals surface area contributed by atoms with Gasteiger partial charge in [0.25, 0.3) is 0 Å². The fourth-order valence-electron chi connectivity index (χ4n) is 3.95. The van der Waals surface area contributed by atoms with Crippen molar-refractivity contribution in [1.82, 2.24) is 0 Å². The number of piperidine rings is 1. The van der Waals surface area contributed by atoms with Gasteiger partial charge in [-0.3, -0.25) is 0 Å². The van der Waals surface area contributed by atoms with E-state index in [9.17, 15) is 5.11 Å². The Morgan fingerprint density at radius 3 is 2.75 bits per heavy atom. The number of ether oxygens (including phenoxy) is 1. The van der Waals surface area contributed by atoms with Crippen LogP contribution in [0.2, 0.25) is 0 Å². The van der Waals surface area contributed by atoms with Crippen LogP contribution in [0.4, 0.5) is 0 Å². The summed E-state index contributed by atoms with van der Waals surface area (Å²) in [5.41, 5.74) is 0. The molecule has 0 aromatic heterocycles. The summed E-state index contributed by atoms with van der Waals surface area (Å²) in [7, 11) is 4.03. The summed E-state index contributed by atoms with van der Waals surface area (Å²) < 4.78 is 5.39. The number of likely N-dealkylation sites (tertiary alicyclic amines) is 1. The Morgan fingerprint density at radius 1 is 1.38 bits per heavy atom. The fourth-order valence-corrected chi connectivity index (χ4v) is 3.95. The molecule has 0 aromatic rings. The maximum Gasteiger partial charge on any atom is 0.0902 e. The predicted octanol–water partition coefficient (Wildman–Crippen LogP) is 0.0855. The molecule has 0 bridgehead atoms. The zero-order valence-electron chi connectivity index (χ0n) is 10.8. The van der Waals surface area contributed by atoms with E-state index < -0.39 is 0 Å². The SMILES string of the molecule is CCC1C2CC(O)C(OC)CC2CC[NH+]1C. The molecule has 1 heterocycles. The van der Waals surface area contributed by atoms with E-state index in [-0.39, 0.29) is 12.2 Å². The summed E-state index contributed by atoms with van der Waals surface area (Å²) in [5.74, 6) is 1.49. The van der Waals surface area contributed by atoms with E-state index in [0.29, 0.717) is 5.92 Å². The lowest BCUT2D eigenvalue weighted by molar-refractivity contribution is -0.918. The molecule has 3 heteroatoms. The second kappa shape index (κ2) is 5.03. The van der Waals surface area contributed by atoms with Gasteiger partial charge < -0.3 is 14.7 Å². The highest BCUT2D eigenvalue weighted by molar-refractivity contribution is 4.90. The quantitative estimate of drug-likeness (QED) is 0.702. The van der Waals surface area contributed by atoms with E-state index in [1.54, 1.807) is 12.0 Å². The lowest BCUT2D eigenvalue weighted by Gasteiger charge is -2.46. The minimum absolute atomic E-state index is 0.0807. The number of rotatable bonds is 2. The molecular weight excluding hydrogens is 202 g/mol. The second-order valence-electron chi connectivity index (χ2n) is 5.64. The molecule has 1 saturated carbocycles. The standard InChI is InChI=1S/C13H25NO2/c1-4-11-10-8-12(15)13(16-3)7-9(10)5-6-14(11)2/h9-13,15H,4-8H2,1-3H3/p+1. The summed E-state index contributed by atoms with van der Waals surface area (Å²) in [4.78, 5) is 1.66. The van der Waals surface area contributed by atoms with Gasteiger partial charge in [0.15, 0.2) is 0 Å². The molecule has 0 radical (unpaired) electrons. The molecule has 2 rings (SSSR count). The highest BCUT2D eigenvalue weighted by atomic mass is 16.5. The lowest BCUT2D eigenvalue weighted by atomic mass is 9.68. The van der Waals surface area contributed by atoms with E-state index in [1.807, 2.05) is 0 Å². The minimum atomic E-state index is -0.244. The maximum atomic E-state index is 10.1. The molecule has 1 aliphatic carbocycles. The van der Waals surface area contributed by atoms with Crippen LogP contribution >= 0.6 is 0 Å². The third-order valence-electron chi connectivity index (χ3n) is 4.89. The van der Waals surface area contributed by atoms with Crippen molar-refractivity contribution in [3.05, 3.63) is 0 Å². The summed E-state index contributed by atoms with van der Waals surface area (Å²) >= 11 is 0. The molecule has 3 nitrogen and oxygen atoms in total. The highest BCUT2D eigenvalue weighted by Gasteiger charge is 2.45. The topological polar surface area (TPSA) is 33.9 Å². The fraction of sp³-hybridized carbons (Fsp3) is 1.00. The van der Waals surface area contributed by atoms with E-state index >= 15 is 0 Å². The molecule has 0 amide bonds. The number of fused-ring (bicyclic) bond motifs is 1. The minimum Gasteiger partial charge on any atom is -0.390 e. The Kier molecular flexibility index (Phi) is 3.88. The first-order chi connectivity index (χ1) is 7.67. The van der Waals surface area contributed by atoms with Crippen molar-refractivity contribution in [1.29, 1.82) is 0 Å². The molecule has 1 aliphatic heterocycles. The Bertz CT molecular complexity index is 234. The van der Waals surface area contributed by atoms with Crippen molar-refractivity contribution in [3.8, 4) is 0 Å². The number of nitrogens with one attached hydrogen (secondary N) is 1. The number of aliphatic hydroxyl groups excluding tert-OH is 1. The monoisotopic (exact) mass is 228 g/mol. The van der Waals surface area contributed by atoms with Crippen molar-refractivity contribution in [2.45, 2.75) is 50.9 Å². The number of aliphatic hydroxyl groups is 1. The molecule has 0 spiro atoms. The lowest BCUT2D eigenvalue weighted by Crippen LogP contribution is -3.15. The first kappa shape index (κ1) is 12.3. The van der Waals surface area contributed by atoms with Crippen LogP contribution in [0.1, 0.15) is 32.6 Å². The van der Waals surface area contributed by atoms with Crippen LogP contribution in [0.15, 0.2) is 0 Å². The van der Waals surface area contributed by atoms with Crippen LogP contribution in [-0.4, -0.2) is 44.1 Å². The van der Waals surface area contributed by atoms with Gasteiger partial charge in [-0.05, 0) is 31.6 Å². The largest absolute Gasteiger partial charge is 0.390 e. The van der Waals surface area contributed by atoms with Gasteiger partial charge in [0.05, 0.1) is 31.8 Å². The molecule has 2 aliphatic rings. The van der Waals surface area contributed by atoms with Gasteiger partial charge in [0.2, 0.25) is 0 Å². The van der Waals surface area contributed by atoms with Gasteiger partial charge in [-0.2, -0.15) is 0 Å². The average molecular weight is 228 g/mol. The van der Waals surface area contributed by atoms with E-state index in [4.69, 9.17) is 4.74 Å². The van der Waals surface area contributed by atoms with Crippen molar-refractivity contribution >= 4 is 0 Å². The van der Waals surface area contributed by atoms with Crippen LogP contribution in [0.3, 0.4) is 0 Å². The Balaban J connectivity index is 2.07. The number of quaternary nitrogens is 1. The second-order valence-corrected chi connectivity index (χ2v) is 5.64. The van der Waals surface area contributed by atoms with Crippen molar-refractivity contribution < 1.29 is 14.7 Å². The zero-order chi connectivity index (χ0) is 11.7. The number of hydrogen-bond acceptors (Lipinski definition) is 2. The average Bonchev–Trinajstić information content (AvgIpc) is 2.28. The van der Waals surface area contributed by atoms with Gasteiger partial charge in [-0.25, -0.2) is 0 Å².